The van der Waals surface area contributed by atoms with Gasteiger partial charge in [-0.2, -0.15) is 9.19 Å². The minimum atomic E-state index is -3.52. The number of nitrogens with two attached hydrogens (primary N) is 1. The fourth-order valence-corrected chi connectivity index (χ4v) is 7.60. The average molecular weight is 651 g/mol. The molecule has 46 heavy (non-hydrogen) atoms. The summed E-state index contributed by atoms with van der Waals surface area (Å²) < 4.78 is 46.4. The minimum absolute atomic E-state index is 0.0595. The lowest BCUT2D eigenvalue weighted by Crippen LogP contribution is -2.50. The van der Waals surface area contributed by atoms with Crippen molar-refractivity contribution in [1.82, 2.24) is 44.9 Å². The third kappa shape index (κ3) is 6.48. The first-order valence-corrected chi connectivity index (χ1v) is 17.4. The Bertz CT molecular complexity index is 1730. The number of dihydropyridines is 1. The van der Waals surface area contributed by atoms with Gasteiger partial charge in [-0.1, -0.05) is 0 Å². The number of hydrogen-bond donors (Lipinski definition) is 3. The molecule has 0 amide bonds. The predicted octanol–water partition coefficient (Wildman–Crippen LogP) is 2.45. The van der Waals surface area contributed by atoms with Crippen molar-refractivity contribution in [3.05, 3.63) is 66.2 Å². The molecule has 4 N–H and O–H groups in total. The van der Waals surface area contributed by atoms with E-state index in [0.717, 1.165) is 41.3 Å². The minimum Gasteiger partial charge on any atom is -0.473 e. The summed E-state index contributed by atoms with van der Waals surface area (Å²) >= 11 is 0. The lowest BCUT2D eigenvalue weighted by molar-refractivity contribution is 0.109. The molecule has 2 aliphatic carbocycles. The van der Waals surface area contributed by atoms with Crippen molar-refractivity contribution in [3.63, 3.8) is 0 Å². The Morgan fingerprint density at radius 1 is 1.07 bits per heavy atom. The van der Waals surface area contributed by atoms with Gasteiger partial charge in [0.05, 0.1) is 34.6 Å². The summed E-state index contributed by atoms with van der Waals surface area (Å²) in [7, 11) is -1.41. The molecule has 0 radical (unpaired) electrons. The van der Waals surface area contributed by atoms with Crippen LogP contribution in [0.25, 0.3) is 17.0 Å². The monoisotopic (exact) mass is 650 g/mol. The maximum Gasteiger partial charge on any atom is 0.256 e. The lowest BCUT2D eigenvalue weighted by Gasteiger charge is -2.35. The second kappa shape index (κ2) is 12.3. The topological polar surface area (TPSA) is 166 Å². The molecule has 7 rings (SSSR count). The Kier molecular flexibility index (Phi) is 8.23. The van der Waals surface area contributed by atoms with Crippen LogP contribution in [0.15, 0.2) is 54.8 Å². The first-order valence-electron chi connectivity index (χ1n) is 15.9. The van der Waals surface area contributed by atoms with Crippen LogP contribution in [0.5, 0.6) is 5.88 Å². The first-order chi connectivity index (χ1) is 22.2. The molecule has 4 aliphatic rings. The second-order valence-electron chi connectivity index (χ2n) is 12.7. The van der Waals surface area contributed by atoms with Crippen molar-refractivity contribution in [2.24, 2.45) is 5.73 Å². The summed E-state index contributed by atoms with van der Waals surface area (Å²) in [6.07, 6.45) is 13.0. The molecule has 2 aliphatic heterocycles. The SMILES string of the molecule is CN1CCC(Oc2ccc(C3=CNC(N)(c4ccnc(-c5cnn(S(=O)(=O)C6CC6)c5)n4)C=C3NC3CCC(F)CC3)nn2)CC1. The Labute approximate surface area is 267 Å². The number of piperidine rings is 1. The number of ether oxygens (including phenoxy) is 1. The van der Waals surface area contributed by atoms with Crippen LogP contribution in [0.3, 0.4) is 0 Å². The fourth-order valence-electron chi connectivity index (χ4n) is 6.12. The summed E-state index contributed by atoms with van der Waals surface area (Å²) in [5.74, 6) is 0.781. The standard InChI is InChI=1S/C31H39FN10O3S/c1-41-14-11-23(12-15-41)45-29-9-8-26(39-40-29)25-18-35-31(33,16-27(25)37-22-4-2-21(32)3-5-22)28-10-13-34-30(38-28)20-17-36-42(19-20)46(43,44)24-6-7-24/h8-10,13,16-19,21-24,35,37H,2-7,11-12,14-15,33H2,1H3. The van der Waals surface area contributed by atoms with Gasteiger partial charge in [0.2, 0.25) is 5.88 Å². The van der Waals surface area contributed by atoms with E-state index in [1.54, 1.807) is 18.5 Å². The van der Waals surface area contributed by atoms with Crippen LogP contribution in [0.1, 0.15) is 62.8 Å². The van der Waals surface area contributed by atoms with Crippen LogP contribution in [0.2, 0.25) is 0 Å². The normalized spacial score (nSPS) is 26.2. The van der Waals surface area contributed by atoms with E-state index in [1.165, 1.54) is 12.4 Å². The number of halogens is 1. The highest BCUT2D eigenvalue weighted by molar-refractivity contribution is 7.90. The molecule has 1 saturated heterocycles. The third-order valence-corrected chi connectivity index (χ3v) is 11.1. The Balaban J connectivity index is 1.14. The van der Waals surface area contributed by atoms with Crippen LogP contribution in [-0.4, -0.2) is 86.4 Å². The molecule has 5 heterocycles. The van der Waals surface area contributed by atoms with E-state index in [1.807, 2.05) is 18.2 Å². The highest BCUT2D eigenvalue weighted by Crippen LogP contribution is 2.33. The third-order valence-electron chi connectivity index (χ3n) is 9.11. The number of allylic oxidation sites excluding steroid dienone is 1. The zero-order valence-corrected chi connectivity index (χ0v) is 26.5. The van der Waals surface area contributed by atoms with Crippen molar-refractivity contribution in [3.8, 4) is 17.3 Å². The quantitative estimate of drug-likeness (QED) is 0.310. The smallest absolute Gasteiger partial charge is 0.256 e. The van der Waals surface area contributed by atoms with Crippen LogP contribution < -0.4 is 21.1 Å². The Hall–Kier alpha value is -3.95. The van der Waals surface area contributed by atoms with Crippen LogP contribution in [0.4, 0.5) is 4.39 Å². The number of nitrogens with zero attached hydrogens (tertiary/aromatic N) is 7. The number of rotatable bonds is 9. The molecule has 1 atom stereocenters. The van der Waals surface area contributed by atoms with Gasteiger partial charge in [-0.3, -0.25) is 0 Å². The molecule has 2 saturated carbocycles. The summed E-state index contributed by atoms with van der Waals surface area (Å²) in [5.41, 5.74) is 8.73. The van der Waals surface area contributed by atoms with Crippen molar-refractivity contribution in [2.45, 2.75) is 80.6 Å². The molecule has 3 fully saturated rings. The number of hydrogen-bond acceptors (Lipinski definition) is 12. The number of aromatic nitrogens is 6. The highest BCUT2D eigenvalue weighted by Gasteiger charge is 2.38. The lowest BCUT2D eigenvalue weighted by atomic mass is 9.91. The zero-order valence-electron chi connectivity index (χ0n) is 25.7. The van der Waals surface area contributed by atoms with E-state index in [-0.39, 0.29) is 12.1 Å². The van der Waals surface area contributed by atoms with Gasteiger partial charge in [0.15, 0.2) is 11.5 Å². The summed E-state index contributed by atoms with van der Waals surface area (Å²) in [4.78, 5) is 11.4. The maximum atomic E-state index is 14.0. The van der Waals surface area contributed by atoms with E-state index in [4.69, 9.17) is 15.5 Å². The average Bonchev–Trinajstić information content (AvgIpc) is 3.81. The summed E-state index contributed by atoms with van der Waals surface area (Å²) in [6, 6.07) is 5.47. The fraction of sp³-hybridized carbons (Fsp3) is 0.516. The number of likely N-dealkylation sites (tertiary alicyclic amines) is 1. The molecule has 15 heteroatoms. The molecular formula is C31H39FN10O3S. The van der Waals surface area contributed by atoms with Gasteiger partial charge in [-0.15, -0.1) is 10.2 Å². The molecule has 3 aromatic rings. The van der Waals surface area contributed by atoms with E-state index in [0.29, 0.717) is 67.2 Å². The van der Waals surface area contributed by atoms with Gasteiger partial charge in [-0.05, 0) is 76.6 Å². The zero-order chi connectivity index (χ0) is 31.9. The predicted molar refractivity (Wildman–Crippen MR) is 169 cm³/mol. The Morgan fingerprint density at radius 2 is 1.85 bits per heavy atom. The van der Waals surface area contributed by atoms with Gasteiger partial charge in [0.1, 0.15) is 12.3 Å². The van der Waals surface area contributed by atoms with Crippen LogP contribution in [-0.2, 0) is 15.7 Å². The molecule has 3 aromatic heterocycles. The summed E-state index contributed by atoms with van der Waals surface area (Å²) in [5, 5.41) is 19.4. The van der Waals surface area contributed by atoms with Gasteiger partial charge in [-0.25, -0.2) is 22.8 Å². The molecular weight excluding hydrogens is 611 g/mol. The van der Waals surface area contributed by atoms with E-state index in [2.05, 4.69) is 42.9 Å². The molecule has 244 valence electrons. The van der Waals surface area contributed by atoms with Crippen molar-refractivity contribution < 1.29 is 17.5 Å². The second-order valence-corrected chi connectivity index (χ2v) is 14.8. The number of alkyl halides is 1. The molecule has 13 nitrogen and oxygen atoms in total. The van der Waals surface area contributed by atoms with Gasteiger partial charge in [0, 0.05) is 48.9 Å². The molecule has 0 aromatic carbocycles. The van der Waals surface area contributed by atoms with E-state index < -0.39 is 27.1 Å². The Morgan fingerprint density at radius 3 is 2.57 bits per heavy atom. The summed E-state index contributed by atoms with van der Waals surface area (Å²) in [6.45, 7) is 1.97. The van der Waals surface area contributed by atoms with Gasteiger partial charge >= 0.3 is 0 Å². The number of nitrogens with one attached hydrogen (secondary N) is 2. The van der Waals surface area contributed by atoms with Crippen molar-refractivity contribution in [2.75, 3.05) is 20.1 Å². The molecule has 0 bridgehead atoms. The van der Waals surface area contributed by atoms with E-state index >= 15 is 0 Å². The molecule has 0 spiro atoms. The highest BCUT2D eigenvalue weighted by atomic mass is 32.2. The first kappa shape index (κ1) is 30.7. The molecule has 1 unspecified atom stereocenters. The largest absolute Gasteiger partial charge is 0.473 e. The van der Waals surface area contributed by atoms with Gasteiger partial charge in [0.25, 0.3) is 10.0 Å². The maximum absolute atomic E-state index is 14.0. The van der Waals surface area contributed by atoms with E-state index in [9.17, 15) is 12.8 Å². The van der Waals surface area contributed by atoms with Crippen LogP contribution >= 0.6 is 0 Å². The van der Waals surface area contributed by atoms with Crippen molar-refractivity contribution >= 4 is 15.6 Å². The van der Waals surface area contributed by atoms with Crippen molar-refractivity contribution in [1.29, 1.82) is 0 Å². The van der Waals surface area contributed by atoms with Gasteiger partial charge < -0.3 is 26.0 Å². The van der Waals surface area contributed by atoms with Crippen LogP contribution in [0, 0.1) is 0 Å².